The van der Waals surface area contributed by atoms with Crippen LogP contribution in [0.2, 0.25) is 0 Å². The van der Waals surface area contributed by atoms with E-state index in [0.717, 1.165) is 48.8 Å². The van der Waals surface area contributed by atoms with Gasteiger partial charge in [0.1, 0.15) is 11.6 Å². The van der Waals surface area contributed by atoms with Gasteiger partial charge < -0.3 is 4.90 Å². The summed E-state index contributed by atoms with van der Waals surface area (Å²) in [5.41, 5.74) is 3.31. The molecule has 24 heavy (non-hydrogen) atoms. The van der Waals surface area contributed by atoms with Crippen molar-refractivity contribution in [1.82, 2.24) is 25.1 Å². The maximum atomic E-state index is 4.53. The number of rotatable bonds is 3. The summed E-state index contributed by atoms with van der Waals surface area (Å²) in [7, 11) is 0. The van der Waals surface area contributed by atoms with Crippen LogP contribution in [0.3, 0.4) is 0 Å². The highest BCUT2D eigenvalue weighted by Gasteiger charge is 2.23. The lowest BCUT2D eigenvalue weighted by Crippen LogP contribution is -2.33. The number of piperidine rings is 1. The molecule has 1 fully saturated rings. The molecule has 0 amide bonds. The van der Waals surface area contributed by atoms with Crippen molar-refractivity contribution in [2.24, 2.45) is 0 Å². The number of anilines is 1. The molecule has 0 saturated carbocycles. The van der Waals surface area contributed by atoms with Gasteiger partial charge in [-0.15, -0.1) is 0 Å². The second-order valence-corrected chi connectivity index (χ2v) is 6.17. The van der Waals surface area contributed by atoms with Crippen LogP contribution in [0.5, 0.6) is 0 Å². The Morgan fingerprint density at radius 2 is 1.88 bits per heavy atom. The first-order valence-electron chi connectivity index (χ1n) is 8.30. The van der Waals surface area contributed by atoms with Crippen molar-refractivity contribution in [3.63, 3.8) is 0 Å². The number of nitrogens with one attached hydrogen (secondary N) is 1. The summed E-state index contributed by atoms with van der Waals surface area (Å²) in [4.78, 5) is 15.1. The van der Waals surface area contributed by atoms with Crippen molar-refractivity contribution in [2.75, 3.05) is 18.0 Å². The third-order valence-corrected chi connectivity index (χ3v) is 4.59. The summed E-state index contributed by atoms with van der Waals surface area (Å²) in [6.45, 7) is 3.94. The quantitative estimate of drug-likeness (QED) is 0.803. The maximum Gasteiger partial charge on any atom is 0.132 e. The van der Waals surface area contributed by atoms with Gasteiger partial charge in [0.2, 0.25) is 0 Å². The summed E-state index contributed by atoms with van der Waals surface area (Å²) >= 11 is 0. The Kier molecular flexibility index (Phi) is 3.94. The summed E-state index contributed by atoms with van der Waals surface area (Å²) in [6.07, 6.45) is 7.62. The molecule has 0 radical (unpaired) electrons. The zero-order valence-electron chi connectivity index (χ0n) is 13.7. The molecule has 6 heteroatoms. The minimum absolute atomic E-state index is 0.521. The van der Waals surface area contributed by atoms with Crippen molar-refractivity contribution in [3.8, 4) is 11.3 Å². The van der Waals surface area contributed by atoms with E-state index in [1.54, 1.807) is 12.4 Å². The lowest BCUT2D eigenvalue weighted by Gasteiger charge is -2.32. The fourth-order valence-electron chi connectivity index (χ4n) is 3.26. The second kappa shape index (κ2) is 6.39. The molecule has 0 bridgehead atoms. The van der Waals surface area contributed by atoms with E-state index >= 15 is 0 Å². The summed E-state index contributed by atoms with van der Waals surface area (Å²) < 4.78 is 0. The molecule has 6 nitrogen and oxygen atoms in total. The average molecular weight is 320 g/mol. The van der Waals surface area contributed by atoms with E-state index in [1.165, 1.54) is 5.69 Å². The smallest absolute Gasteiger partial charge is 0.132 e. The number of aryl methyl sites for hydroxylation is 1. The summed E-state index contributed by atoms with van der Waals surface area (Å²) in [5, 5.41) is 7.69. The van der Waals surface area contributed by atoms with Gasteiger partial charge in [0.25, 0.3) is 0 Å². The molecule has 1 N–H and O–H groups in total. The number of H-pyrrole nitrogens is 1. The number of hydrogen-bond donors (Lipinski definition) is 1. The van der Waals surface area contributed by atoms with Crippen molar-refractivity contribution in [2.45, 2.75) is 25.7 Å². The van der Waals surface area contributed by atoms with Crippen LogP contribution < -0.4 is 4.90 Å². The van der Waals surface area contributed by atoms with Gasteiger partial charge >= 0.3 is 0 Å². The van der Waals surface area contributed by atoms with Gasteiger partial charge in [-0.2, -0.15) is 5.10 Å². The zero-order valence-corrected chi connectivity index (χ0v) is 13.7. The Morgan fingerprint density at radius 3 is 2.62 bits per heavy atom. The first-order valence-corrected chi connectivity index (χ1v) is 8.30. The molecule has 0 atom stereocenters. The Hall–Kier alpha value is -2.76. The molecule has 4 rings (SSSR count). The molecule has 1 aliphatic heterocycles. The van der Waals surface area contributed by atoms with Crippen LogP contribution in [0.4, 0.5) is 5.82 Å². The SMILES string of the molecule is Cc1nccc(N2CCC(c3cc(-c4ccncc4)n[nH]3)CC2)n1. The molecule has 122 valence electrons. The molecule has 3 aromatic heterocycles. The highest BCUT2D eigenvalue weighted by molar-refractivity contribution is 5.58. The van der Waals surface area contributed by atoms with Crippen LogP contribution in [0.25, 0.3) is 11.3 Å². The van der Waals surface area contributed by atoms with Gasteiger partial charge in [-0.05, 0) is 44.0 Å². The van der Waals surface area contributed by atoms with E-state index < -0.39 is 0 Å². The van der Waals surface area contributed by atoms with E-state index in [4.69, 9.17) is 0 Å². The van der Waals surface area contributed by atoms with E-state index in [0.29, 0.717) is 5.92 Å². The number of nitrogens with zero attached hydrogens (tertiary/aromatic N) is 5. The number of pyridine rings is 1. The molecular weight excluding hydrogens is 300 g/mol. The molecule has 1 saturated heterocycles. The highest BCUT2D eigenvalue weighted by atomic mass is 15.2. The Morgan fingerprint density at radius 1 is 1.08 bits per heavy atom. The minimum atomic E-state index is 0.521. The Labute approximate surface area is 141 Å². The Bertz CT molecular complexity index is 805. The lowest BCUT2D eigenvalue weighted by molar-refractivity contribution is 0.492. The molecule has 1 aliphatic rings. The predicted molar refractivity (Wildman–Crippen MR) is 92.8 cm³/mol. The van der Waals surface area contributed by atoms with Crippen molar-refractivity contribution >= 4 is 5.82 Å². The highest BCUT2D eigenvalue weighted by Crippen LogP contribution is 2.30. The van der Waals surface area contributed by atoms with Crippen LogP contribution in [-0.4, -0.2) is 38.2 Å². The maximum absolute atomic E-state index is 4.53. The second-order valence-electron chi connectivity index (χ2n) is 6.17. The third-order valence-electron chi connectivity index (χ3n) is 4.59. The fraction of sp³-hybridized carbons (Fsp3) is 0.333. The third kappa shape index (κ3) is 2.99. The van der Waals surface area contributed by atoms with E-state index in [-0.39, 0.29) is 0 Å². The zero-order chi connectivity index (χ0) is 16.4. The lowest BCUT2D eigenvalue weighted by atomic mass is 9.93. The molecule has 0 aromatic carbocycles. The van der Waals surface area contributed by atoms with Crippen LogP contribution in [0.1, 0.15) is 30.3 Å². The van der Waals surface area contributed by atoms with Gasteiger partial charge in [-0.3, -0.25) is 10.1 Å². The molecule has 0 aliphatic carbocycles. The van der Waals surface area contributed by atoms with Crippen LogP contribution in [0.15, 0.2) is 42.9 Å². The van der Waals surface area contributed by atoms with Crippen molar-refractivity contribution in [1.29, 1.82) is 0 Å². The van der Waals surface area contributed by atoms with Gasteiger partial charge in [0.05, 0.1) is 5.69 Å². The molecule has 4 heterocycles. The molecular formula is C18H20N6. The number of hydrogen-bond acceptors (Lipinski definition) is 5. The topological polar surface area (TPSA) is 70.6 Å². The fourth-order valence-corrected chi connectivity index (χ4v) is 3.26. The number of aromatic nitrogens is 5. The first-order chi connectivity index (χ1) is 11.8. The Balaban J connectivity index is 1.44. The average Bonchev–Trinajstić information content (AvgIpc) is 3.13. The van der Waals surface area contributed by atoms with Crippen LogP contribution >= 0.6 is 0 Å². The summed E-state index contributed by atoms with van der Waals surface area (Å²) in [6, 6.07) is 8.13. The van der Waals surface area contributed by atoms with E-state index in [1.807, 2.05) is 31.3 Å². The van der Waals surface area contributed by atoms with Crippen molar-refractivity contribution in [3.05, 3.63) is 54.4 Å². The summed E-state index contributed by atoms with van der Waals surface area (Å²) in [5.74, 6) is 2.38. The monoisotopic (exact) mass is 320 g/mol. The number of aromatic amines is 1. The van der Waals surface area contributed by atoms with E-state index in [2.05, 4.69) is 36.1 Å². The van der Waals surface area contributed by atoms with Crippen LogP contribution in [0, 0.1) is 6.92 Å². The predicted octanol–water partition coefficient (Wildman–Crippen LogP) is 2.95. The first kappa shape index (κ1) is 14.8. The standard InChI is InChI=1S/C18H20N6/c1-13-20-9-4-18(21-13)24-10-5-15(6-11-24)17-12-16(22-23-17)14-2-7-19-8-3-14/h2-4,7-9,12,15H,5-6,10-11H2,1H3,(H,22,23). The largest absolute Gasteiger partial charge is 0.356 e. The minimum Gasteiger partial charge on any atom is -0.356 e. The van der Waals surface area contributed by atoms with Gasteiger partial charge in [-0.1, -0.05) is 0 Å². The van der Waals surface area contributed by atoms with Gasteiger partial charge in [-0.25, -0.2) is 9.97 Å². The van der Waals surface area contributed by atoms with Crippen LogP contribution in [-0.2, 0) is 0 Å². The van der Waals surface area contributed by atoms with Crippen molar-refractivity contribution < 1.29 is 0 Å². The molecule has 0 unspecified atom stereocenters. The molecule has 3 aromatic rings. The molecule has 0 spiro atoms. The van der Waals surface area contributed by atoms with E-state index in [9.17, 15) is 0 Å². The van der Waals surface area contributed by atoms with Gasteiger partial charge in [0, 0.05) is 48.9 Å². The normalized spacial score (nSPS) is 15.6. The van der Waals surface area contributed by atoms with Gasteiger partial charge in [0.15, 0.2) is 0 Å².